The predicted molar refractivity (Wildman–Crippen MR) is 115 cm³/mol. The first-order valence-electron chi connectivity index (χ1n) is 10.3. The molecule has 0 aromatic heterocycles. The predicted octanol–water partition coefficient (Wildman–Crippen LogP) is 2.99. The molecule has 1 aliphatic rings. The highest BCUT2D eigenvalue weighted by molar-refractivity contribution is 5.76. The molecule has 0 bridgehead atoms. The zero-order valence-electron chi connectivity index (χ0n) is 18.5. The maximum absolute atomic E-state index is 13.1. The monoisotopic (exact) mass is 430 g/mol. The molecule has 7 heteroatoms. The molecule has 2 aromatic rings. The normalized spacial score (nSPS) is 22.4. The molecule has 0 saturated heterocycles. The summed E-state index contributed by atoms with van der Waals surface area (Å²) in [5, 5.41) is 21.2. The van der Waals surface area contributed by atoms with Crippen LogP contribution in [0.4, 0.5) is 0 Å². The van der Waals surface area contributed by atoms with E-state index in [1.165, 1.54) is 0 Å². The van der Waals surface area contributed by atoms with Crippen molar-refractivity contribution < 1.29 is 34.0 Å². The molecule has 2 aromatic carbocycles. The van der Waals surface area contributed by atoms with Crippen LogP contribution in [0, 0.1) is 18.8 Å². The highest BCUT2D eigenvalue weighted by Crippen LogP contribution is 2.51. The summed E-state index contributed by atoms with van der Waals surface area (Å²) in [5.74, 6) is -0.725. The summed E-state index contributed by atoms with van der Waals surface area (Å²) in [7, 11) is 4.69. The van der Waals surface area contributed by atoms with Gasteiger partial charge in [0.05, 0.1) is 40.0 Å². The lowest BCUT2D eigenvalue weighted by molar-refractivity contribution is -0.154. The number of methoxy groups -OCH3 is 3. The molecule has 0 fully saturated rings. The molecule has 3 rings (SSSR count). The SMILES string of the molecule is CCOC(=O)[C@@H]1C(CO)C(O)c2cc(C)c(OC)cc2[C@H]1c1ccc(OC)c(OC)c1. The second-order valence-electron chi connectivity index (χ2n) is 7.61. The lowest BCUT2D eigenvalue weighted by Gasteiger charge is -2.41. The number of aliphatic hydroxyl groups is 2. The Kier molecular flexibility index (Phi) is 7.08. The molecule has 0 radical (unpaired) electrons. The van der Waals surface area contributed by atoms with Gasteiger partial charge >= 0.3 is 5.97 Å². The van der Waals surface area contributed by atoms with Crippen LogP contribution in [0.5, 0.6) is 17.2 Å². The Hall–Kier alpha value is -2.77. The first-order chi connectivity index (χ1) is 14.9. The number of carbonyl (C=O) groups excluding carboxylic acids is 1. The second-order valence-corrected chi connectivity index (χ2v) is 7.61. The van der Waals surface area contributed by atoms with Gasteiger partial charge in [-0.05, 0) is 60.4 Å². The molecule has 1 aliphatic carbocycles. The van der Waals surface area contributed by atoms with E-state index in [0.717, 1.165) is 16.7 Å². The number of aliphatic hydroxyl groups excluding tert-OH is 2. The average Bonchev–Trinajstić information content (AvgIpc) is 2.78. The Morgan fingerprint density at radius 3 is 2.23 bits per heavy atom. The Bertz CT molecular complexity index is 940. The van der Waals surface area contributed by atoms with Crippen molar-refractivity contribution >= 4 is 5.97 Å². The minimum Gasteiger partial charge on any atom is -0.496 e. The molecule has 0 saturated carbocycles. The fourth-order valence-corrected chi connectivity index (χ4v) is 4.54. The summed E-state index contributed by atoms with van der Waals surface area (Å²) in [6.07, 6.45) is -1.02. The van der Waals surface area contributed by atoms with E-state index in [1.807, 2.05) is 31.2 Å². The van der Waals surface area contributed by atoms with Gasteiger partial charge in [-0.2, -0.15) is 0 Å². The third-order valence-corrected chi connectivity index (χ3v) is 6.02. The van der Waals surface area contributed by atoms with Crippen molar-refractivity contribution in [3.05, 3.63) is 52.6 Å². The fraction of sp³-hybridized carbons (Fsp3) is 0.458. The molecule has 4 atom stereocenters. The summed E-state index contributed by atoms with van der Waals surface area (Å²) in [5.41, 5.74) is 3.06. The number of fused-ring (bicyclic) bond motifs is 1. The van der Waals surface area contributed by atoms with E-state index >= 15 is 0 Å². The lowest BCUT2D eigenvalue weighted by Crippen LogP contribution is -2.41. The Morgan fingerprint density at radius 1 is 0.968 bits per heavy atom. The number of ether oxygens (including phenoxy) is 4. The van der Waals surface area contributed by atoms with Gasteiger partial charge in [0, 0.05) is 18.4 Å². The summed E-state index contributed by atoms with van der Waals surface area (Å²) in [6.45, 7) is 3.46. The smallest absolute Gasteiger partial charge is 0.310 e. The van der Waals surface area contributed by atoms with Gasteiger partial charge in [0.1, 0.15) is 5.75 Å². The van der Waals surface area contributed by atoms with Gasteiger partial charge in [-0.3, -0.25) is 4.79 Å². The van der Waals surface area contributed by atoms with Crippen molar-refractivity contribution in [3.63, 3.8) is 0 Å². The Balaban J connectivity index is 2.29. The molecule has 0 spiro atoms. The van der Waals surface area contributed by atoms with Crippen LogP contribution in [0.3, 0.4) is 0 Å². The molecule has 2 unspecified atom stereocenters. The molecular formula is C24H30O7. The van der Waals surface area contributed by atoms with E-state index in [0.29, 0.717) is 22.8 Å². The van der Waals surface area contributed by atoms with Crippen LogP contribution in [0.25, 0.3) is 0 Å². The summed E-state index contributed by atoms with van der Waals surface area (Å²) < 4.78 is 21.7. The van der Waals surface area contributed by atoms with Crippen LogP contribution in [0.2, 0.25) is 0 Å². The molecular weight excluding hydrogens is 400 g/mol. The van der Waals surface area contributed by atoms with Gasteiger partial charge in [0.15, 0.2) is 11.5 Å². The van der Waals surface area contributed by atoms with Crippen LogP contribution in [0.1, 0.15) is 41.2 Å². The molecule has 0 heterocycles. The third kappa shape index (κ3) is 4.07. The van der Waals surface area contributed by atoms with Gasteiger partial charge < -0.3 is 29.2 Å². The van der Waals surface area contributed by atoms with Crippen LogP contribution in [0.15, 0.2) is 30.3 Å². The van der Waals surface area contributed by atoms with Crippen molar-refractivity contribution in [3.8, 4) is 17.2 Å². The zero-order chi connectivity index (χ0) is 22.7. The molecule has 2 N–H and O–H groups in total. The quantitative estimate of drug-likeness (QED) is 0.652. The summed E-state index contributed by atoms with van der Waals surface area (Å²) >= 11 is 0. The largest absolute Gasteiger partial charge is 0.496 e. The van der Waals surface area contributed by atoms with E-state index in [-0.39, 0.29) is 13.2 Å². The van der Waals surface area contributed by atoms with Crippen molar-refractivity contribution in [2.24, 2.45) is 11.8 Å². The lowest BCUT2D eigenvalue weighted by atomic mass is 9.65. The average molecular weight is 430 g/mol. The standard InChI is InChI=1S/C24H30O7/c1-6-31-24(27)22-17(12-25)23(26)16-9-13(2)19(29-4)11-15(16)21(22)14-7-8-18(28-3)20(10-14)30-5/h7-11,17,21-23,25-26H,6,12H2,1-5H3/t17?,21-,22-,23?/m1/s1. The van der Waals surface area contributed by atoms with Gasteiger partial charge in [0.2, 0.25) is 0 Å². The Labute approximate surface area is 182 Å². The van der Waals surface area contributed by atoms with E-state index in [2.05, 4.69) is 0 Å². The minimum atomic E-state index is -1.02. The summed E-state index contributed by atoms with van der Waals surface area (Å²) in [6, 6.07) is 9.17. The molecule has 7 nitrogen and oxygen atoms in total. The van der Waals surface area contributed by atoms with Crippen molar-refractivity contribution in [2.75, 3.05) is 34.5 Å². The van der Waals surface area contributed by atoms with E-state index in [4.69, 9.17) is 18.9 Å². The minimum absolute atomic E-state index is 0.201. The second kappa shape index (κ2) is 9.58. The van der Waals surface area contributed by atoms with Crippen LogP contribution >= 0.6 is 0 Å². The van der Waals surface area contributed by atoms with Crippen molar-refractivity contribution in [1.82, 2.24) is 0 Å². The molecule has 0 amide bonds. The van der Waals surface area contributed by atoms with Gasteiger partial charge in [-0.25, -0.2) is 0 Å². The number of esters is 1. The molecule has 168 valence electrons. The van der Waals surface area contributed by atoms with Gasteiger partial charge in [0.25, 0.3) is 0 Å². The number of aryl methyl sites for hydroxylation is 1. The van der Waals surface area contributed by atoms with Gasteiger partial charge in [-0.1, -0.05) is 6.07 Å². The maximum atomic E-state index is 13.1. The molecule has 31 heavy (non-hydrogen) atoms. The van der Waals surface area contributed by atoms with Crippen LogP contribution < -0.4 is 14.2 Å². The van der Waals surface area contributed by atoms with Crippen molar-refractivity contribution in [2.45, 2.75) is 25.9 Å². The summed E-state index contributed by atoms with van der Waals surface area (Å²) in [4.78, 5) is 13.1. The highest BCUT2D eigenvalue weighted by atomic mass is 16.5. The first-order valence-corrected chi connectivity index (χ1v) is 10.3. The Morgan fingerprint density at radius 2 is 1.65 bits per heavy atom. The fourth-order valence-electron chi connectivity index (χ4n) is 4.54. The molecule has 0 aliphatic heterocycles. The number of rotatable bonds is 7. The van der Waals surface area contributed by atoms with E-state index in [9.17, 15) is 15.0 Å². The zero-order valence-corrected chi connectivity index (χ0v) is 18.5. The van der Waals surface area contributed by atoms with Crippen LogP contribution in [-0.2, 0) is 9.53 Å². The van der Waals surface area contributed by atoms with Crippen LogP contribution in [-0.4, -0.2) is 50.7 Å². The maximum Gasteiger partial charge on any atom is 0.310 e. The van der Waals surface area contributed by atoms with E-state index < -0.39 is 29.8 Å². The van der Waals surface area contributed by atoms with Crippen molar-refractivity contribution in [1.29, 1.82) is 0 Å². The van der Waals surface area contributed by atoms with Gasteiger partial charge in [-0.15, -0.1) is 0 Å². The number of benzene rings is 2. The number of hydrogen-bond donors (Lipinski definition) is 2. The topological polar surface area (TPSA) is 94.5 Å². The number of hydrogen-bond acceptors (Lipinski definition) is 7. The van der Waals surface area contributed by atoms with E-state index in [1.54, 1.807) is 34.3 Å². The number of carbonyl (C=O) groups is 1. The first kappa shape index (κ1) is 22.9. The highest BCUT2D eigenvalue weighted by Gasteiger charge is 2.47. The third-order valence-electron chi connectivity index (χ3n) is 6.02.